The molecule has 1 aliphatic rings. The third kappa shape index (κ3) is 3.72. The molecule has 0 saturated carbocycles. The molecule has 26 heavy (non-hydrogen) atoms. The normalized spacial score (nSPS) is 14.8. The number of thiazole rings is 1. The van der Waals surface area contributed by atoms with E-state index in [9.17, 15) is 4.79 Å². The molecule has 0 aliphatic carbocycles. The monoisotopic (exact) mass is 449 g/mol. The Bertz CT molecular complexity index is 953. The third-order valence-electron chi connectivity index (χ3n) is 4.54. The Kier molecular flexibility index (Phi) is 5.16. The molecule has 3 aromatic rings. The number of halogens is 2. The number of carbonyl (C=O) groups is 1. The molecule has 0 radical (unpaired) electrons. The van der Waals surface area contributed by atoms with Gasteiger partial charge in [0.2, 0.25) is 5.91 Å². The Labute approximate surface area is 169 Å². The number of nitrogens with zero attached hydrogens (tertiary/aromatic N) is 3. The first kappa shape index (κ1) is 17.8. The average Bonchev–Trinajstić information content (AvgIpc) is 3.07. The van der Waals surface area contributed by atoms with Gasteiger partial charge in [0.05, 0.1) is 16.6 Å². The summed E-state index contributed by atoms with van der Waals surface area (Å²) in [4.78, 5) is 21.5. The van der Waals surface area contributed by atoms with Crippen LogP contribution in [0.4, 0.5) is 5.13 Å². The van der Waals surface area contributed by atoms with Crippen LogP contribution in [-0.2, 0) is 11.2 Å². The Hall–Kier alpha value is -1.63. The number of anilines is 1. The van der Waals surface area contributed by atoms with Crippen LogP contribution in [0.15, 0.2) is 46.9 Å². The first-order chi connectivity index (χ1) is 12.6. The highest BCUT2D eigenvalue weighted by Crippen LogP contribution is 2.31. The largest absolute Gasteiger partial charge is 0.345 e. The van der Waals surface area contributed by atoms with Crippen LogP contribution >= 0.6 is 38.9 Å². The summed E-state index contributed by atoms with van der Waals surface area (Å²) < 4.78 is 2.24. The van der Waals surface area contributed by atoms with Crippen LogP contribution < -0.4 is 4.90 Å². The number of aromatic nitrogens is 1. The summed E-state index contributed by atoms with van der Waals surface area (Å²) in [6, 6.07) is 13.7. The number of rotatable bonds is 3. The van der Waals surface area contributed by atoms with Crippen molar-refractivity contribution in [1.29, 1.82) is 0 Å². The van der Waals surface area contributed by atoms with E-state index in [1.165, 1.54) is 4.70 Å². The van der Waals surface area contributed by atoms with E-state index in [4.69, 9.17) is 16.6 Å². The van der Waals surface area contributed by atoms with Crippen molar-refractivity contribution >= 4 is 60.1 Å². The Morgan fingerprint density at radius 1 is 1.15 bits per heavy atom. The van der Waals surface area contributed by atoms with Gasteiger partial charge in [-0.1, -0.05) is 57.1 Å². The van der Waals surface area contributed by atoms with Gasteiger partial charge in [0, 0.05) is 35.7 Å². The van der Waals surface area contributed by atoms with Crippen LogP contribution in [0.1, 0.15) is 5.56 Å². The van der Waals surface area contributed by atoms with Crippen LogP contribution in [0.25, 0.3) is 10.2 Å². The zero-order chi connectivity index (χ0) is 18.1. The maximum absolute atomic E-state index is 12.6. The summed E-state index contributed by atoms with van der Waals surface area (Å²) in [5.41, 5.74) is 1.91. The molecule has 0 N–H and O–H groups in total. The number of piperazine rings is 1. The van der Waals surface area contributed by atoms with Crippen molar-refractivity contribution in [3.05, 3.63) is 57.5 Å². The summed E-state index contributed by atoms with van der Waals surface area (Å²) in [5.74, 6) is 0.131. The number of hydrogen-bond acceptors (Lipinski definition) is 4. The molecule has 1 aliphatic heterocycles. The maximum Gasteiger partial charge on any atom is 0.227 e. The number of hydrogen-bond donors (Lipinski definition) is 0. The van der Waals surface area contributed by atoms with Crippen molar-refractivity contribution in [2.75, 3.05) is 31.1 Å². The van der Waals surface area contributed by atoms with E-state index in [2.05, 4.69) is 26.9 Å². The Morgan fingerprint density at radius 2 is 1.92 bits per heavy atom. The highest BCUT2D eigenvalue weighted by molar-refractivity contribution is 9.10. The lowest BCUT2D eigenvalue weighted by molar-refractivity contribution is -0.130. The van der Waals surface area contributed by atoms with Gasteiger partial charge < -0.3 is 9.80 Å². The van der Waals surface area contributed by atoms with Crippen molar-refractivity contribution in [1.82, 2.24) is 9.88 Å². The van der Waals surface area contributed by atoms with Gasteiger partial charge in [0.15, 0.2) is 5.13 Å². The van der Waals surface area contributed by atoms with Crippen LogP contribution in [0, 0.1) is 0 Å². The summed E-state index contributed by atoms with van der Waals surface area (Å²) in [6.45, 7) is 3.02. The van der Waals surface area contributed by atoms with Gasteiger partial charge in [-0.2, -0.15) is 0 Å². The molecule has 2 heterocycles. The fourth-order valence-corrected chi connectivity index (χ4v) is 4.86. The SMILES string of the molecule is O=C(Cc1ccccc1Cl)N1CCN(c2nc3ccc(Br)cc3s2)CC1. The standard InChI is InChI=1S/C19H17BrClN3OS/c20-14-5-6-16-17(12-14)26-19(22-16)24-9-7-23(8-10-24)18(25)11-13-3-1-2-4-15(13)21/h1-6,12H,7-11H2. The van der Waals surface area contributed by atoms with Crippen LogP contribution in [0.5, 0.6) is 0 Å². The lowest BCUT2D eigenvalue weighted by atomic mass is 10.1. The highest BCUT2D eigenvalue weighted by atomic mass is 79.9. The lowest BCUT2D eigenvalue weighted by Crippen LogP contribution is -2.49. The second-order valence-corrected chi connectivity index (χ2v) is 8.58. The van der Waals surface area contributed by atoms with E-state index in [1.54, 1.807) is 11.3 Å². The second kappa shape index (κ2) is 7.55. The van der Waals surface area contributed by atoms with E-state index in [1.807, 2.05) is 41.3 Å². The van der Waals surface area contributed by atoms with Crippen molar-refractivity contribution in [2.45, 2.75) is 6.42 Å². The van der Waals surface area contributed by atoms with Crippen molar-refractivity contribution in [2.24, 2.45) is 0 Å². The lowest BCUT2D eigenvalue weighted by Gasteiger charge is -2.34. The van der Waals surface area contributed by atoms with Gasteiger partial charge in [-0.05, 0) is 29.8 Å². The minimum absolute atomic E-state index is 0.131. The molecule has 0 unspecified atom stereocenters. The predicted molar refractivity (Wildman–Crippen MR) is 111 cm³/mol. The molecule has 134 valence electrons. The molecule has 0 spiro atoms. The average molecular weight is 451 g/mol. The fourth-order valence-electron chi connectivity index (χ4n) is 3.09. The summed E-state index contributed by atoms with van der Waals surface area (Å²) >= 11 is 11.4. The number of amides is 1. The quantitative estimate of drug-likeness (QED) is 0.585. The molecule has 4 nitrogen and oxygen atoms in total. The minimum atomic E-state index is 0.131. The zero-order valence-electron chi connectivity index (χ0n) is 14.0. The molecule has 1 fully saturated rings. The van der Waals surface area contributed by atoms with Gasteiger partial charge in [-0.15, -0.1) is 0 Å². The minimum Gasteiger partial charge on any atom is -0.345 e. The van der Waals surface area contributed by atoms with E-state index < -0.39 is 0 Å². The Balaban J connectivity index is 1.40. The molecule has 4 rings (SSSR count). The molecule has 2 aromatic carbocycles. The van der Waals surface area contributed by atoms with E-state index >= 15 is 0 Å². The van der Waals surface area contributed by atoms with Crippen molar-refractivity contribution in [3.8, 4) is 0 Å². The van der Waals surface area contributed by atoms with E-state index in [0.717, 1.165) is 33.8 Å². The smallest absolute Gasteiger partial charge is 0.227 e. The Morgan fingerprint density at radius 3 is 2.69 bits per heavy atom. The van der Waals surface area contributed by atoms with Gasteiger partial charge in [-0.25, -0.2) is 4.98 Å². The van der Waals surface area contributed by atoms with Crippen molar-refractivity contribution in [3.63, 3.8) is 0 Å². The first-order valence-electron chi connectivity index (χ1n) is 8.42. The summed E-state index contributed by atoms with van der Waals surface area (Å²) in [6.07, 6.45) is 0.356. The molecule has 1 aromatic heterocycles. The molecular formula is C19H17BrClN3OS. The topological polar surface area (TPSA) is 36.4 Å². The van der Waals surface area contributed by atoms with Gasteiger partial charge in [0.1, 0.15) is 0 Å². The van der Waals surface area contributed by atoms with Crippen LogP contribution in [0.3, 0.4) is 0 Å². The fraction of sp³-hybridized carbons (Fsp3) is 0.263. The molecule has 7 heteroatoms. The van der Waals surface area contributed by atoms with Gasteiger partial charge >= 0.3 is 0 Å². The maximum atomic E-state index is 12.6. The number of carbonyl (C=O) groups excluding carboxylic acids is 1. The highest BCUT2D eigenvalue weighted by Gasteiger charge is 2.23. The van der Waals surface area contributed by atoms with Gasteiger partial charge in [0.25, 0.3) is 0 Å². The number of fused-ring (bicyclic) bond motifs is 1. The van der Waals surface area contributed by atoms with Crippen molar-refractivity contribution < 1.29 is 4.79 Å². The number of benzene rings is 2. The molecule has 0 bridgehead atoms. The van der Waals surface area contributed by atoms with E-state index in [-0.39, 0.29) is 5.91 Å². The third-order valence-corrected chi connectivity index (χ3v) is 6.48. The van der Waals surface area contributed by atoms with E-state index in [0.29, 0.717) is 24.5 Å². The zero-order valence-corrected chi connectivity index (χ0v) is 17.1. The van der Waals surface area contributed by atoms with Gasteiger partial charge in [-0.3, -0.25) is 4.79 Å². The molecule has 1 saturated heterocycles. The van der Waals surface area contributed by atoms with Crippen LogP contribution in [-0.4, -0.2) is 42.0 Å². The molecule has 0 atom stereocenters. The summed E-state index contributed by atoms with van der Waals surface area (Å²) in [5, 5.41) is 1.68. The molecular weight excluding hydrogens is 434 g/mol. The van der Waals surface area contributed by atoms with Crippen LogP contribution in [0.2, 0.25) is 5.02 Å². The predicted octanol–water partition coefficient (Wildman–Crippen LogP) is 4.60. The first-order valence-corrected chi connectivity index (χ1v) is 10.4. The summed E-state index contributed by atoms with van der Waals surface area (Å²) in [7, 11) is 0. The molecule has 1 amide bonds. The second-order valence-electron chi connectivity index (χ2n) is 6.24.